The first kappa shape index (κ1) is 17.4. The maximum Gasteiger partial charge on any atom is 0.343 e. The van der Waals surface area contributed by atoms with E-state index in [0.717, 1.165) is 5.56 Å². The van der Waals surface area contributed by atoms with Gasteiger partial charge in [-0.3, -0.25) is 9.78 Å². The minimum atomic E-state index is -0.729. The van der Waals surface area contributed by atoms with Gasteiger partial charge in [-0.2, -0.15) is 0 Å². The van der Waals surface area contributed by atoms with Gasteiger partial charge in [0.15, 0.2) is 11.5 Å². The van der Waals surface area contributed by atoms with Crippen LogP contribution in [0.5, 0.6) is 11.5 Å². The third-order valence-corrected chi connectivity index (χ3v) is 3.09. The molecule has 7 heteroatoms. The molecule has 0 unspecified atom stereocenters. The number of aliphatic hydroxyl groups is 1. The van der Waals surface area contributed by atoms with Crippen LogP contribution < -0.4 is 9.47 Å². The topological polar surface area (TPSA) is 95.0 Å². The first-order chi connectivity index (χ1) is 11.6. The number of aliphatic hydroxyl groups excluding tert-OH is 1. The second-order valence-corrected chi connectivity index (χ2v) is 4.79. The summed E-state index contributed by atoms with van der Waals surface area (Å²) in [4.78, 5) is 27.2. The molecule has 0 bridgehead atoms. The number of hydrogen-bond acceptors (Lipinski definition) is 7. The molecule has 2 rings (SSSR count). The number of pyridine rings is 1. The summed E-state index contributed by atoms with van der Waals surface area (Å²) >= 11 is 0. The summed E-state index contributed by atoms with van der Waals surface area (Å²) in [6.07, 6.45) is 1.17. The summed E-state index contributed by atoms with van der Waals surface area (Å²) < 4.78 is 15.4. The lowest BCUT2D eigenvalue weighted by atomic mass is 10.2. The molecule has 1 N–H and O–H groups in total. The van der Waals surface area contributed by atoms with E-state index in [0.29, 0.717) is 0 Å². The summed E-state index contributed by atoms with van der Waals surface area (Å²) in [6.45, 7) is 0.898. The molecule has 0 aliphatic rings. The molecular formula is C17H17NO6. The fourth-order valence-electron chi connectivity index (χ4n) is 2.00. The Morgan fingerprint density at radius 3 is 2.46 bits per heavy atom. The van der Waals surface area contributed by atoms with Crippen molar-refractivity contribution in [3.8, 4) is 11.5 Å². The van der Waals surface area contributed by atoms with Crippen LogP contribution in [0.4, 0.5) is 0 Å². The van der Waals surface area contributed by atoms with E-state index in [1.807, 2.05) is 30.3 Å². The number of rotatable bonds is 6. The molecule has 2 aromatic rings. The van der Waals surface area contributed by atoms with Gasteiger partial charge in [0.2, 0.25) is 0 Å². The maximum absolute atomic E-state index is 11.9. The van der Waals surface area contributed by atoms with Crippen LogP contribution in [-0.2, 0) is 22.7 Å². The van der Waals surface area contributed by atoms with Gasteiger partial charge in [0, 0.05) is 13.1 Å². The van der Waals surface area contributed by atoms with Gasteiger partial charge in [0.25, 0.3) is 0 Å². The zero-order chi connectivity index (χ0) is 17.5. The van der Waals surface area contributed by atoms with Gasteiger partial charge in [0.1, 0.15) is 17.9 Å². The molecule has 0 amide bonds. The van der Waals surface area contributed by atoms with E-state index >= 15 is 0 Å². The number of aromatic nitrogens is 1. The molecule has 1 aromatic carbocycles. The van der Waals surface area contributed by atoms with Crippen molar-refractivity contribution in [2.75, 3.05) is 7.11 Å². The molecule has 0 spiro atoms. The van der Waals surface area contributed by atoms with Crippen LogP contribution in [0.25, 0.3) is 0 Å². The lowest BCUT2D eigenvalue weighted by Gasteiger charge is -2.16. The van der Waals surface area contributed by atoms with Gasteiger partial charge < -0.3 is 19.3 Å². The normalized spacial score (nSPS) is 10.1. The van der Waals surface area contributed by atoms with Gasteiger partial charge >= 0.3 is 11.9 Å². The highest BCUT2D eigenvalue weighted by molar-refractivity contribution is 5.94. The van der Waals surface area contributed by atoms with E-state index in [1.54, 1.807) is 0 Å². The third kappa shape index (κ3) is 4.08. The Balaban J connectivity index is 2.44. The minimum absolute atomic E-state index is 0.0273. The number of esters is 2. The zero-order valence-corrected chi connectivity index (χ0v) is 13.3. The number of nitrogens with zero attached hydrogens (tertiary/aromatic N) is 1. The van der Waals surface area contributed by atoms with Crippen molar-refractivity contribution < 1.29 is 28.9 Å². The minimum Gasteiger partial charge on any atom is -0.483 e. The highest BCUT2D eigenvalue weighted by Crippen LogP contribution is 2.35. The maximum atomic E-state index is 11.9. The van der Waals surface area contributed by atoms with Crippen LogP contribution >= 0.6 is 0 Å². The number of carbonyl (C=O) groups is 2. The van der Waals surface area contributed by atoms with Crippen molar-refractivity contribution in [3.05, 3.63) is 53.3 Å². The second-order valence-electron chi connectivity index (χ2n) is 4.79. The number of carbonyl (C=O) groups excluding carboxylic acids is 2. The van der Waals surface area contributed by atoms with Crippen LogP contribution in [0.3, 0.4) is 0 Å². The van der Waals surface area contributed by atoms with Gasteiger partial charge in [0.05, 0.1) is 13.7 Å². The molecule has 7 nitrogen and oxygen atoms in total. The second kappa shape index (κ2) is 8.07. The molecule has 0 fully saturated rings. The van der Waals surface area contributed by atoms with Gasteiger partial charge in [-0.15, -0.1) is 0 Å². The van der Waals surface area contributed by atoms with Crippen LogP contribution in [0.1, 0.15) is 28.5 Å². The Hall–Kier alpha value is -2.93. The van der Waals surface area contributed by atoms with Gasteiger partial charge in [-0.1, -0.05) is 30.3 Å². The summed E-state index contributed by atoms with van der Waals surface area (Å²) in [6, 6.07) is 9.26. The molecule has 0 radical (unpaired) electrons. The van der Waals surface area contributed by atoms with E-state index in [-0.39, 0.29) is 29.4 Å². The molecule has 0 aliphatic heterocycles. The molecule has 0 saturated carbocycles. The first-order valence-electron chi connectivity index (χ1n) is 7.13. The molecule has 0 aliphatic carbocycles. The quantitative estimate of drug-likeness (QED) is 0.807. The predicted molar refractivity (Wildman–Crippen MR) is 83.6 cm³/mol. The smallest absolute Gasteiger partial charge is 0.343 e. The number of ether oxygens (including phenoxy) is 3. The largest absolute Gasteiger partial charge is 0.483 e. The zero-order valence-electron chi connectivity index (χ0n) is 13.3. The Morgan fingerprint density at radius 2 is 1.88 bits per heavy atom. The fraction of sp³-hybridized carbons (Fsp3) is 0.235. The number of benzene rings is 1. The van der Waals surface area contributed by atoms with E-state index in [1.165, 1.54) is 20.2 Å². The van der Waals surface area contributed by atoms with Gasteiger partial charge in [-0.25, -0.2) is 4.79 Å². The van der Waals surface area contributed by atoms with Crippen molar-refractivity contribution in [1.29, 1.82) is 0 Å². The Bertz CT molecular complexity index is 729. The molecule has 126 valence electrons. The lowest BCUT2D eigenvalue weighted by Crippen LogP contribution is -2.13. The molecular weight excluding hydrogens is 314 g/mol. The van der Waals surface area contributed by atoms with Crippen molar-refractivity contribution in [2.45, 2.75) is 20.1 Å². The van der Waals surface area contributed by atoms with Crippen LogP contribution in [0, 0.1) is 0 Å². The molecule has 0 atom stereocenters. The predicted octanol–water partition coefficient (Wildman–Crippen LogP) is 1.86. The average molecular weight is 331 g/mol. The summed E-state index contributed by atoms with van der Waals surface area (Å²) in [7, 11) is 1.20. The van der Waals surface area contributed by atoms with E-state index in [9.17, 15) is 14.7 Å². The number of hydrogen-bond donors (Lipinski definition) is 1. The molecule has 1 aromatic heterocycles. The lowest BCUT2D eigenvalue weighted by molar-refractivity contribution is -0.132. The summed E-state index contributed by atoms with van der Waals surface area (Å²) in [5.41, 5.74) is 0.946. The average Bonchev–Trinajstić information content (AvgIpc) is 2.60. The first-order valence-corrected chi connectivity index (χ1v) is 7.13. The molecule has 1 heterocycles. The highest BCUT2D eigenvalue weighted by atomic mass is 16.6. The Kier molecular flexibility index (Phi) is 5.86. The summed E-state index contributed by atoms with van der Waals surface area (Å²) in [5.74, 6) is -1.46. The van der Waals surface area contributed by atoms with E-state index < -0.39 is 18.5 Å². The van der Waals surface area contributed by atoms with Gasteiger partial charge in [-0.05, 0) is 5.56 Å². The van der Waals surface area contributed by atoms with Crippen molar-refractivity contribution >= 4 is 11.9 Å². The third-order valence-electron chi connectivity index (χ3n) is 3.09. The van der Waals surface area contributed by atoms with Crippen LogP contribution in [-0.4, -0.2) is 29.1 Å². The molecule has 0 saturated heterocycles. The van der Waals surface area contributed by atoms with E-state index in [4.69, 9.17) is 9.47 Å². The monoisotopic (exact) mass is 331 g/mol. The Labute approximate surface area is 138 Å². The van der Waals surface area contributed by atoms with Crippen LogP contribution in [0.15, 0.2) is 36.5 Å². The van der Waals surface area contributed by atoms with Crippen molar-refractivity contribution in [1.82, 2.24) is 4.98 Å². The highest BCUT2D eigenvalue weighted by Gasteiger charge is 2.24. The number of methoxy groups -OCH3 is 1. The Morgan fingerprint density at radius 1 is 1.17 bits per heavy atom. The fourth-order valence-corrected chi connectivity index (χ4v) is 2.00. The van der Waals surface area contributed by atoms with Crippen molar-refractivity contribution in [2.24, 2.45) is 0 Å². The SMILES string of the molecule is COC(=O)c1cnc(CO)c(OCc2ccccc2)c1OC(C)=O. The van der Waals surface area contributed by atoms with Crippen molar-refractivity contribution in [3.63, 3.8) is 0 Å². The molecule has 24 heavy (non-hydrogen) atoms. The van der Waals surface area contributed by atoms with Crippen LogP contribution in [0.2, 0.25) is 0 Å². The summed E-state index contributed by atoms with van der Waals surface area (Å²) in [5, 5.41) is 9.46. The standard InChI is InChI=1S/C17H17NO6/c1-11(20)24-15-13(17(21)22-2)8-18-14(9-19)16(15)23-10-12-6-4-3-5-7-12/h3-8,19H,9-10H2,1-2H3. The van der Waals surface area contributed by atoms with E-state index in [2.05, 4.69) is 9.72 Å².